The van der Waals surface area contributed by atoms with Crippen molar-refractivity contribution in [1.29, 1.82) is 0 Å². The lowest BCUT2D eigenvalue weighted by Gasteiger charge is -2.16. The number of carbonyl (C=O) groups excluding carboxylic acids is 2. The fourth-order valence-electron chi connectivity index (χ4n) is 2.22. The van der Waals surface area contributed by atoms with Crippen molar-refractivity contribution in [3.63, 3.8) is 0 Å². The third-order valence-corrected chi connectivity index (χ3v) is 6.13. The first-order chi connectivity index (χ1) is 13.8. The molecule has 0 spiro atoms. The van der Waals surface area contributed by atoms with Gasteiger partial charge in [-0.25, -0.2) is 0 Å². The zero-order valence-corrected chi connectivity index (χ0v) is 18.2. The highest BCUT2D eigenvalue weighted by molar-refractivity contribution is 8.00. The summed E-state index contributed by atoms with van der Waals surface area (Å²) in [6.45, 7) is 3.94. The summed E-state index contributed by atoms with van der Waals surface area (Å²) in [6.07, 6.45) is 1.08. The predicted octanol–water partition coefficient (Wildman–Crippen LogP) is 1.62. The van der Waals surface area contributed by atoms with Crippen LogP contribution in [0.3, 0.4) is 0 Å². The van der Waals surface area contributed by atoms with Gasteiger partial charge in [0, 0.05) is 35.9 Å². The largest absolute Gasteiger partial charge is 0.508 e. The van der Waals surface area contributed by atoms with Gasteiger partial charge in [-0.05, 0) is 25.2 Å². The van der Waals surface area contributed by atoms with E-state index in [9.17, 15) is 24.8 Å². The first-order valence-corrected chi connectivity index (χ1v) is 11.5. The molecule has 9 nitrogen and oxygen atoms in total. The second-order valence-corrected chi connectivity index (χ2v) is 8.50. The summed E-state index contributed by atoms with van der Waals surface area (Å²) in [5.74, 6) is 1.57. The summed E-state index contributed by atoms with van der Waals surface area (Å²) in [5.41, 5.74) is 5.53. The van der Waals surface area contributed by atoms with Gasteiger partial charge in [0.1, 0.15) is 5.75 Å². The second kappa shape index (κ2) is 13.4. The van der Waals surface area contributed by atoms with Crippen LogP contribution in [0.2, 0.25) is 0 Å². The maximum absolute atomic E-state index is 12.2. The summed E-state index contributed by atoms with van der Waals surface area (Å²) < 4.78 is 0. The number of nitrogens with one attached hydrogen (secondary N) is 2. The molecule has 2 atom stereocenters. The van der Waals surface area contributed by atoms with E-state index in [4.69, 9.17) is 5.73 Å². The molecule has 0 fully saturated rings. The number of aromatic hydroxyl groups is 1. The van der Waals surface area contributed by atoms with E-state index in [0.29, 0.717) is 5.88 Å². The van der Waals surface area contributed by atoms with E-state index in [1.807, 2.05) is 6.92 Å². The standard InChI is InChI=1S/C18H28N4O5S2/c1-3-6-28-11-21-12(2)17(24)10-29-9-15(18(19)25)20-8-13-7-14(22(26)27)4-5-16(13)23/h4-5,7,12,15,20-21,23H,3,6,8-11H2,1-2H3,(H2,19,25)/t12-,15-/m0/s1. The van der Waals surface area contributed by atoms with Gasteiger partial charge in [0.2, 0.25) is 5.91 Å². The molecular formula is C18H28N4O5S2. The van der Waals surface area contributed by atoms with Crippen LogP contribution in [-0.4, -0.2) is 56.9 Å². The van der Waals surface area contributed by atoms with Crippen LogP contribution >= 0.6 is 23.5 Å². The topological polar surface area (TPSA) is 148 Å². The second-order valence-electron chi connectivity index (χ2n) is 6.37. The average molecular weight is 445 g/mol. The van der Waals surface area contributed by atoms with Crippen molar-refractivity contribution in [2.45, 2.75) is 38.9 Å². The van der Waals surface area contributed by atoms with Gasteiger partial charge in [0.25, 0.3) is 5.69 Å². The molecule has 1 rings (SSSR count). The number of thioether (sulfide) groups is 2. The molecule has 0 heterocycles. The third kappa shape index (κ3) is 9.48. The van der Waals surface area contributed by atoms with Crippen molar-refractivity contribution in [2.24, 2.45) is 5.73 Å². The average Bonchev–Trinajstić information content (AvgIpc) is 2.68. The number of benzene rings is 1. The molecule has 0 saturated carbocycles. The van der Waals surface area contributed by atoms with Crippen molar-refractivity contribution < 1.29 is 19.6 Å². The summed E-state index contributed by atoms with van der Waals surface area (Å²) in [7, 11) is 0. The number of nitrogens with two attached hydrogens (primary N) is 1. The van der Waals surface area contributed by atoms with E-state index in [-0.39, 0.29) is 46.9 Å². The van der Waals surface area contributed by atoms with E-state index in [1.165, 1.54) is 30.0 Å². The number of amides is 1. The Balaban J connectivity index is 2.48. The first kappa shape index (κ1) is 25.2. The molecule has 0 aliphatic rings. The van der Waals surface area contributed by atoms with Crippen molar-refractivity contribution in [3.05, 3.63) is 33.9 Å². The van der Waals surface area contributed by atoms with Gasteiger partial charge in [0.15, 0.2) is 5.78 Å². The summed E-state index contributed by atoms with van der Waals surface area (Å²) >= 11 is 3.02. The molecule has 1 aromatic rings. The zero-order valence-electron chi connectivity index (χ0n) is 16.6. The Morgan fingerprint density at radius 2 is 2.03 bits per heavy atom. The van der Waals surface area contributed by atoms with Crippen LogP contribution in [0.5, 0.6) is 5.75 Å². The number of Topliss-reactive ketones (excluding diaryl/α,β-unsaturated/α-hetero) is 1. The van der Waals surface area contributed by atoms with Crippen LogP contribution in [0.4, 0.5) is 5.69 Å². The van der Waals surface area contributed by atoms with Crippen LogP contribution in [0, 0.1) is 10.1 Å². The molecule has 11 heteroatoms. The first-order valence-electron chi connectivity index (χ1n) is 9.16. The summed E-state index contributed by atoms with van der Waals surface area (Å²) in [4.78, 5) is 34.1. The molecule has 0 unspecified atom stereocenters. The monoisotopic (exact) mass is 444 g/mol. The molecule has 162 valence electrons. The highest BCUT2D eigenvalue weighted by Gasteiger charge is 2.19. The molecule has 0 aliphatic heterocycles. The number of non-ortho nitro benzene ring substituents is 1. The minimum absolute atomic E-state index is 0.0300. The van der Waals surface area contributed by atoms with Gasteiger partial charge >= 0.3 is 0 Å². The summed E-state index contributed by atoms with van der Waals surface area (Å²) in [5, 5.41) is 26.7. The quantitative estimate of drug-likeness (QED) is 0.137. The Hall–Kier alpha value is -1.82. The molecule has 1 amide bonds. The lowest BCUT2D eigenvalue weighted by molar-refractivity contribution is -0.384. The van der Waals surface area contributed by atoms with Crippen molar-refractivity contribution in [2.75, 3.05) is 23.1 Å². The van der Waals surface area contributed by atoms with E-state index in [2.05, 4.69) is 17.6 Å². The number of phenolic OH excluding ortho intramolecular Hbond substituents is 1. The van der Waals surface area contributed by atoms with Gasteiger partial charge in [-0.3, -0.25) is 25.0 Å². The van der Waals surface area contributed by atoms with E-state index in [1.54, 1.807) is 11.8 Å². The maximum Gasteiger partial charge on any atom is 0.270 e. The summed E-state index contributed by atoms with van der Waals surface area (Å²) in [6, 6.07) is 2.65. The lowest BCUT2D eigenvalue weighted by atomic mass is 10.1. The number of rotatable bonds is 15. The van der Waals surface area contributed by atoms with Crippen molar-refractivity contribution in [3.8, 4) is 5.75 Å². The van der Waals surface area contributed by atoms with E-state index in [0.717, 1.165) is 12.2 Å². The Morgan fingerprint density at radius 3 is 2.66 bits per heavy atom. The molecule has 1 aromatic carbocycles. The molecule has 0 radical (unpaired) electrons. The highest BCUT2D eigenvalue weighted by atomic mass is 32.2. The maximum atomic E-state index is 12.2. The van der Waals surface area contributed by atoms with Gasteiger partial charge < -0.3 is 16.2 Å². The smallest absolute Gasteiger partial charge is 0.270 e. The van der Waals surface area contributed by atoms with Crippen LogP contribution in [0.15, 0.2) is 18.2 Å². The van der Waals surface area contributed by atoms with Gasteiger partial charge in [-0.2, -0.15) is 11.8 Å². The number of hydrogen-bond donors (Lipinski definition) is 4. The SMILES string of the molecule is CCCSCN[C@@H](C)C(=O)CSC[C@H](NCc1cc([N+](=O)[O-])ccc1O)C(N)=O. The van der Waals surface area contributed by atoms with Gasteiger partial charge in [0.05, 0.1) is 22.8 Å². The van der Waals surface area contributed by atoms with Gasteiger partial charge in [-0.15, -0.1) is 11.8 Å². The molecule has 0 bridgehead atoms. The lowest BCUT2D eigenvalue weighted by Crippen LogP contribution is -2.43. The Bertz CT molecular complexity index is 705. The number of hydrogen-bond acceptors (Lipinski definition) is 9. The number of nitrogens with zero attached hydrogens (tertiary/aromatic N) is 1. The highest BCUT2D eigenvalue weighted by Crippen LogP contribution is 2.23. The zero-order chi connectivity index (χ0) is 21.8. The van der Waals surface area contributed by atoms with Crippen molar-refractivity contribution >= 4 is 40.9 Å². The predicted molar refractivity (Wildman–Crippen MR) is 117 cm³/mol. The van der Waals surface area contributed by atoms with Crippen LogP contribution in [0.1, 0.15) is 25.8 Å². The Kier molecular flexibility index (Phi) is 11.7. The molecule has 5 N–H and O–H groups in total. The molecule has 0 aromatic heterocycles. The molecular weight excluding hydrogens is 416 g/mol. The van der Waals surface area contributed by atoms with Gasteiger partial charge in [-0.1, -0.05) is 6.92 Å². The molecule has 29 heavy (non-hydrogen) atoms. The fraction of sp³-hybridized carbons (Fsp3) is 0.556. The minimum atomic E-state index is -0.741. The Labute approximate surface area is 178 Å². The van der Waals surface area contributed by atoms with E-state index < -0.39 is 16.9 Å². The number of nitro groups is 1. The minimum Gasteiger partial charge on any atom is -0.508 e. The molecule has 0 saturated heterocycles. The number of phenols is 1. The van der Waals surface area contributed by atoms with Crippen molar-refractivity contribution in [1.82, 2.24) is 10.6 Å². The third-order valence-electron chi connectivity index (χ3n) is 4.01. The van der Waals surface area contributed by atoms with Crippen LogP contribution in [-0.2, 0) is 16.1 Å². The Morgan fingerprint density at radius 1 is 1.31 bits per heavy atom. The number of carbonyl (C=O) groups is 2. The number of nitro benzene ring substituents is 1. The fourth-order valence-corrected chi connectivity index (χ4v) is 4.11. The van der Waals surface area contributed by atoms with Crippen LogP contribution in [0.25, 0.3) is 0 Å². The number of primary amides is 1. The molecule has 0 aliphatic carbocycles. The number of ketones is 1. The van der Waals surface area contributed by atoms with Crippen LogP contribution < -0.4 is 16.4 Å². The normalized spacial score (nSPS) is 13.0. The van der Waals surface area contributed by atoms with E-state index >= 15 is 0 Å².